The number of benzene rings is 2. The fourth-order valence-electron chi connectivity index (χ4n) is 3.27. The van der Waals surface area contributed by atoms with Gasteiger partial charge in [-0.15, -0.1) is 0 Å². The van der Waals surface area contributed by atoms with Gasteiger partial charge in [-0.3, -0.25) is 14.8 Å². The quantitative estimate of drug-likeness (QED) is 0.369. The van der Waals surface area contributed by atoms with Gasteiger partial charge in [-0.1, -0.05) is 26.0 Å². The van der Waals surface area contributed by atoms with E-state index in [1.165, 1.54) is 17.6 Å². The minimum atomic E-state index is -0.624. The Morgan fingerprint density at radius 3 is 2.46 bits per heavy atom. The molecule has 0 spiro atoms. The van der Waals surface area contributed by atoms with E-state index in [9.17, 15) is 19.8 Å². The van der Waals surface area contributed by atoms with Gasteiger partial charge in [0.1, 0.15) is 11.5 Å². The summed E-state index contributed by atoms with van der Waals surface area (Å²) in [7, 11) is 0. The number of hydrogen-bond donors (Lipinski definition) is 4. The van der Waals surface area contributed by atoms with Crippen LogP contribution < -0.4 is 5.48 Å². The molecule has 146 valence electrons. The normalized spacial score (nSPS) is 13.2. The predicted molar refractivity (Wildman–Crippen MR) is 103 cm³/mol. The first-order chi connectivity index (χ1) is 13.3. The van der Waals surface area contributed by atoms with Crippen LogP contribution in [0, 0.1) is 0 Å². The minimum Gasteiger partial charge on any atom is -0.508 e. The molecule has 1 aliphatic rings. The van der Waals surface area contributed by atoms with Gasteiger partial charge in [-0.2, -0.15) is 0 Å². The van der Waals surface area contributed by atoms with Crippen molar-refractivity contribution in [2.75, 3.05) is 0 Å². The maximum Gasteiger partial charge on any atom is 0.267 e. The molecule has 0 saturated heterocycles. The lowest BCUT2D eigenvalue weighted by atomic mass is 9.98. The third-order valence-electron chi connectivity index (χ3n) is 4.77. The van der Waals surface area contributed by atoms with E-state index in [-0.39, 0.29) is 28.9 Å². The van der Waals surface area contributed by atoms with Crippen molar-refractivity contribution in [3.05, 3.63) is 64.2 Å². The summed E-state index contributed by atoms with van der Waals surface area (Å²) in [5.41, 5.74) is 5.00. The first-order valence-electron chi connectivity index (χ1n) is 8.89. The average Bonchev–Trinajstić information content (AvgIpc) is 3.08. The van der Waals surface area contributed by atoms with Crippen molar-refractivity contribution in [2.45, 2.75) is 32.9 Å². The van der Waals surface area contributed by atoms with Gasteiger partial charge >= 0.3 is 0 Å². The number of nitrogens with zero attached hydrogens (tertiary/aromatic N) is 1. The highest BCUT2D eigenvalue weighted by molar-refractivity contribution is 5.97. The molecule has 28 heavy (non-hydrogen) atoms. The Morgan fingerprint density at radius 1 is 1.07 bits per heavy atom. The van der Waals surface area contributed by atoms with Crippen molar-refractivity contribution < 1.29 is 25.0 Å². The number of aromatic hydroxyl groups is 2. The maximum atomic E-state index is 13.0. The summed E-state index contributed by atoms with van der Waals surface area (Å²) >= 11 is 0. The van der Waals surface area contributed by atoms with Crippen molar-refractivity contribution in [1.82, 2.24) is 10.4 Å². The van der Waals surface area contributed by atoms with E-state index < -0.39 is 5.91 Å². The van der Waals surface area contributed by atoms with Gasteiger partial charge in [-0.25, -0.2) is 5.48 Å². The molecule has 0 saturated carbocycles. The zero-order chi connectivity index (χ0) is 20.4. The van der Waals surface area contributed by atoms with Crippen LogP contribution in [-0.4, -0.2) is 32.1 Å². The lowest BCUT2D eigenvalue weighted by Crippen LogP contribution is -2.25. The van der Waals surface area contributed by atoms with Crippen LogP contribution in [0.2, 0.25) is 0 Å². The Bertz CT molecular complexity index is 966. The highest BCUT2D eigenvalue weighted by Gasteiger charge is 2.27. The Morgan fingerprint density at radius 2 is 1.79 bits per heavy atom. The van der Waals surface area contributed by atoms with Crippen molar-refractivity contribution in [3.8, 4) is 11.5 Å². The van der Waals surface area contributed by atoms with Crippen molar-refractivity contribution in [1.29, 1.82) is 0 Å². The number of carbonyl (C=O) groups excluding carboxylic acids is 2. The molecule has 0 bridgehead atoms. The molecule has 4 N–H and O–H groups in total. The maximum absolute atomic E-state index is 13.0. The van der Waals surface area contributed by atoms with Gasteiger partial charge < -0.3 is 15.1 Å². The number of fused-ring (bicyclic) bond motifs is 1. The number of nitrogens with one attached hydrogen (secondary N) is 1. The highest BCUT2D eigenvalue weighted by atomic mass is 16.5. The number of amides is 2. The molecule has 7 nitrogen and oxygen atoms in total. The van der Waals surface area contributed by atoms with E-state index in [4.69, 9.17) is 5.21 Å². The summed E-state index contributed by atoms with van der Waals surface area (Å²) in [6.45, 7) is 4.59. The van der Waals surface area contributed by atoms with Crippen LogP contribution in [0.1, 0.15) is 52.4 Å². The van der Waals surface area contributed by atoms with E-state index in [2.05, 4.69) is 0 Å². The zero-order valence-corrected chi connectivity index (χ0v) is 15.6. The SMILES string of the molecule is CC(C)c1cc(C(=O)N2Cc3ccc(/C=C/C(=O)NO)cc3C2)c(O)cc1O. The largest absolute Gasteiger partial charge is 0.508 e. The van der Waals surface area contributed by atoms with E-state index in [0.29, 0.717) is 18.7 Å². The van der Waals surface area contributed by atoms with Gasteiger partial charge in [0.25, 0.3) is 11.8 Å². The van der Waals surface area contributed by atoms with E-state index in [0.717, 1.165) is 16.7 Å². The Labute approximate surface area is 162 Å². The predicted octanol–water partition coefficient (Wildman–Crippen LogP) is 2.90. The molecule has 2 amide bonds. The number of carbonyl (C=O) groups is 2. The van der Waals surface area contributed by atoms with Crippen LogP contribution in [0.25, 0.3) is 6.08 Å². The minimum absolute atomic E-state index is 0.00777. The summed E-state index contributed by atoms with van der Waals surface area (Å²) in [6.07, 6.45) is 2.78. The molecular weight excluding hydrogens is 360 g/mol. The Kier molecular flexibility index (Phi) is 5.37. The molecule has 0 unspecified atom stereocenters. The van der Waals surface area contributed by atoms with Gasteiger partial charge in [0.05, 0.1) is 5.56 Å². The summed E-state index contributed by atoms with van der Waals surface area (Å²) in [4.78, 5) is 25.7. The first kappa shape index (κ1) is 19.4. The lowest BCUT2D eigenvalue weighted by molar-refractivity contribution is -0.124. The van der Waals surface area contributed by atoms with Crippen LogP contribution in [0.5, 0.6) is 11.5 Å². The third-order valence-corrected chi connectivity index (χ3v) is 4.77. The van der Waals surface area contributed by atoms with Gasteiger partial charge in [0.2, 0.25) is 0 Å². The number of phenolic OH excluding ortho intramolecular Hbond substituents is 2. The second-order valence-corrected chi connectivity index (χ2v) is 7.08. The standard InChI is InChI=1S/C21H22N2O5/c1-12(2)16-8-17(19(25)9-18(16)24)21(27)23-10-14-5-3-13(7-15(14)11-23)4-6-20(26)22-28/h3-9,12,24-25,28H,10-11H2,1-2H3,(H,22,26)/b6-4+. The summed E-state index contributed by atoms with van der Waals surface area (Å²) in [5.74, 6) is -1.21. The average molecular weight is 382 g/mol. The number of hydroxylamine groups is 1. The zero-order valence-electron chi connectivity index (χ0n) is 15.6. The summed E-state index contributed by atoms with van der Waals surface area (Å²) < 4.78 is 0. The van der Waals surface area contributed by atoms with Crippen LogP contribution in [0.15, 0.2) is 36.4 Å². The number of phenols is 2. The van der Waals surface area contributed by atoms with Crippen LogP contribution in [0.3, 0.4) is 0 Å². The lowest BCUT2D eigenvalue weighted by Gasteiger charge is -2.18. The Balaban J connectivity index is 1.82. The van der Waals surface area contributed by atoms with Crippen LogP contribution in [-0.2, 0) is 17.9 Å². The van der Waals surface area contributed by atoms with E-state index in [1.54, 1.807) is 17.0 Å². The second-order valence-electron chi connectivity index (χ2n) is 7.08. The first-order valence-corrected chi connectivity index (χ1v) is 8.89. The fraction of sp³-hybridized carbons (Fsp3) is 0.238. The summed E-state index contributed by atoms with van der Waals surface area (Å²) in [5, 5.41) is 28.7. The molecule has 2 aromatic carbocycles. The smallest absolute Gasteiger partial charge is 0.267 e. The molecular formula is C21H22N2O5. The van der Waals surface area contributed by atoms with E-state index in [1.807, 2.05) is 32.0 Å². The Hall–Kier alpha value is -3.32. The van der Waals surface area contributed by atoms with E-state index >= 15 is 0 Å². The molecule has 0 radical (unpaired) electrons. The summed E-state index contributed by atoms with van der Waals surface area (Å²) in [6, 6.07) is 8.33. The molecule has 0 atom stereocenters. The molecule has 2 aromatic rings. The van der Waals surface area contributed by atoms with Crippen LogP contribution >= 0.6 is 0 Å². The topological polar surface area (TPSA) is 110 Å². The molecule has 0 fully saturated rings. The fourth-order valence-corrected chi connectivity index (χ4v) is 3.27. The molecule has 0 aliphatic carbocycles. The molecule has 3 rings (SSSR count). The third kappa shape index (κ3) is 3.84. The van der Waals surface area contributed by atoms with Gasteiger partial charge in [-0.05, 0) is 46.4 Å². The molecule has 1 heterocycles. The monoisotopic (exact) mass is 382 g/mol. The van der Waals surface area contributed by atoms with Crippen molar-refractivity contribution in [3.63, 3.8) is 0 Å². The molecule has 0 aromatic heterocycles. The number of rotatable bonds is 4. The van der Waals surface area contributed by atoms with Crippen molar-refractivity contribution in [2.24, 2.45) is 0 Å². The van der Waals surface area contributed by atoms with Gasteiger partial charge in [0, 0.05) is 25.2 Å². The van der Waals surface area contributed by atoms with Gasteiger partial charge in [0.15, 0.2) is 0 Å². The van der Waals surface area contributed by atoms with Crippen molar-refractivity contribution >= 4 is 17.9 Å². The number of hydrogen-bond acceptors (Lipinski definition) is 5. The highest BCUT2D eigenvalue weighted by Crippen LogP contribution is 2.34. The molecule has 1 aliphatic heterocycles. The molecule has 7 heteroatoms. The van der Waals surface area contributed by atoms with Crippen LogP contribution in [0.4, 0.5) is 0 Å². The second kappa shape index (κ2) is 7.74.